The van der Waals surface area contributed by atoms with Crippen molar-refractivity contribution in [3.05, 3.63) is 29.6 Å². The predicted molar refractivity (Wildman–Crippen MR) is 62.1 cm³/mol. The molecule has 2 atom stereocenters. The van der Waals surface area contributed by atoms with E-state index in [4.69, 9.17) is 4.74 Å². The highest BCUT2D eigenvalue weighted by Gasteiger charge is 2.13. The molecule has 0 radical (unpaired) electrons. The summed E-state index contributed by atoms with van der Waals surface area (Å²) in [5.74, 6) is 0.0448. The van der Waals surface area contributed by atoms with Gasteiger partial charge in [0.15, 0.2) is 11.6 Å². The average molecular weight is 226 g/mol. The van der Waals surface area contributed by atoms with E-state index in [2.05, 4.69) is 0 Å². The Morgan fingerprint density at radius 3 is 2.62 bits per heavy atom. The Balaban J connectivity index is 2.71. The highest BCUT2D eigenvalue weighted by molar-refractivity contribution is 5.29. The number of aliphatic hydroxyl groups excluding tert-OH is 1. The van der Waals surface area contributed by atoms with E-state index < -0.39 is 0 Å². The van der Waals surface area contributed by atoms with Crippen molar-refractivity contribution in [2.24, 2.45) is 5.92 Å². The summed E-state index contributed by atoms with van der Waals surface area (Å²) in [5, 5.41) is 9.64. The van der Waals surface area contributed by atoms with Crippen molar-refractivity contribution in [2.75, 3.05) is 7.11 Å². The summed E-state index contributed by atoms with van der Waals surface area (Å²) in [6, 6.07) is 4.92. The molecule has 1 aromatic rings. The third-order valence-electron chi connectivity index (χ3n) is 2.85. The van der Waals surface area contributed by atoms with E-state index >= 15 is 0 Å². The van der Waals surface area contributed by atoms with Gasteiger partial charge in [-0.3, -0.25) is 0 Å². The van der Waals surface area contributed by atoms with Crippen LogP contribution in [0.1, 0.15) is 25.8 Å². The number of methoxy groups -OCH3 is 1. The minimum absolute atomic E-state index is 0.137. The lowest BCUT2D eigenvalue weighted by Crippen LogP contribution is -2.18. The van der Waals surface area contributed by atoms with Crippen LogP contribution in [-0.4, -0.2) is 18.3 Å². The Kier molecular flexibility index (Phi) is 4.74. The molecule has 1 N–H and O–H groups in total. The van der Waals surface area contributed by atoms with Crippen LogP contribution in [0, 0.1) is 11.7 Å². The highest BCUT2D eigenvalue weighted by Crippen LogP contribution is 2.21. The second kappa shape index (κ2) is 5.85. The summed E-state index contributed by atoms with van der Waals surface area (Å²) in [6.07, 6.45) is 1.07. The zero-order valence-corrected chi connectivity index (χ0v) is 10.0. The number of aliphatic hydroxyl groups is 1. The SMILES string of the molecule is CCC(O)C(C)Cc1ccc(OC)c(F)c1. The molecule has 2 nitrogen and oxygen atoms in total. The second-order valence-corrected chi connectivity index (χ2v) is 4.13. The first-order chi connectivity index (χ1) is 7.58. The molecule has 0 bridgehead atoms. The molecule has 0 saturated heterocycles. The molecule has 0 heterocycles. The van der Waals surface area contributed by atoms with Gasteiger partial charge >= 0.3 is 0 Å². The van der Waals surface area contributed by atoms with Crippen LogP contribution < -0.4 is 4.74 Å². The van der Waals surface area contributed by atoms with Crippen molar-refractivity contribution in [3.8, 4) is 5.75 Å². The Hall–Kier alpha value is -1.09. The van der Waals surface area contributed by atoms with Crippen molar-refractivity contribution in [3.63, 3.8) is 0 Å². The summed E-state index contributed by atoms with van der Waals surface area (Å²) >= 11 is 0. The minimum atomic E-state index is -0.349. The molecule has 0 amide bonds. The Labute approximate surface area is 96.1 Å². The van der Waals surface area contributed by atoms with Gasteiger partial charge in [-0.2, -0.15) is 0 Å². The van der Waals surface area contributed by atoms with Crippen LogP contribution >= 0.6 is 0 Å². The van der Waals surface area contributed by atoms with Gasteiger partial charge in [-0.15, -0.1) is 0 Å². The van der Waals surface area contributed by atoms with E-state index in [1.54, 1.807) is 6.07 Å². The number of ether oxygens (including phenoxy) is 1. The van der Waals surface area contributed by atoms with Crippen LogP contribution in [0.3, 0.4) is 0 Å². The number of benzene rings is 1. The fraction of sp³-hybridized carbons (Fsp3) is 0.538. The molecule has 1 rings (SSSR count). The topological polar surface area (TPSA) is 29.5 Å². The highest BCUT2D eigenvalue weighted by atomic mass is 19.1. The maximum Gasteiger partial charge on any atom is 0.165 e. The first-order valence-corrected chi connectivity index (χ1v) is 5.59. The van der Waals surface area contributed by atoms with Gasteiger partial charge in [-0.1, -0.05) is 19.9 Å². The number of hydrogen-bond acceptors (Lipinski definition) is 2. The predicted octanol–water partition coefficient (Wildman–Crippen LogP) is 2.78. The van der Waals surface area contributed by atoms with Crippen molar-refractivity contribution in [1.29, 1.82) is 0 Å². The molecule has 0 aliphatic heterocycles. The first kappa shape index (κ1) is 13.0. The molecule has 1 aromatic carbocycles. The minimum Gasteiger partial charge on any atom is -0.494 e. The lowest BCUT2D eigenvalue weighted by atomic mass is 9.94. The molecule has 0 fully saturated rings. The van der Waals surface area contributed by atoms with Crippen LogP contribution in [0.25, 0.3) is 0 Å². The van der Waals surface area contributed by atoms with Crippen LogP contribution in [0.4, 0.5) is 4.39 Å². The van der Waals surface area contributed by atoms with E-state index in [0.29, 0.717) is 6.42 Å². The van der Waals surface area contributed by atoms with E-state index in [9.17, 15) is 9.50 Å². The monoisotopic (exact) mass is 226 g/mol. The van der Waals surface area contributed by atoms with E-state index in [0.717, 1.165) is 12.0 Å². The molecule has 2 unspecified atom stereocenters. The van der Waals surface area contributed by atoms with Gasteiger partial charge < -0.3 is 9.84 Å². The summed E-state index contributed by atoms with van der Waals surface area (Å²) in [4.78, 5) is 0. The largest absolute Gasteiger partial charge is 0.494 e. The van der Waals surface area contributed by atoms with E-state index in [-0.39, 0.29) is 23.6 Å². The molecule has 0 aliphatic rings. The Morgan fingerprint density at radius 1 is 1.44 bits per heavy atom. The zero-order valence-electron chi connectivity index (χ0n) is 10.0. The molecule has 90 valence electrons. The van der Waals surface area contributed by atoms with Gasteiger partial charge in [0, 0.05) is 0 Å². The summed E-state index contributed by atoms with van der Waals surface area (Å²) < 4.78 is 18.2. The van der Waals surface area contributed by atoms with Gasteiger partial charge in [-0.25, -0.2) is 4.39 Å². The van der Waals surface area contributed by atoms with Gasteiger partial charge in [-0.05, 0) is 36.5 Å². The molecule has 0 saturated carbocycles. The van der Waals surface area contributed by atoms with Crippen LogP contribution in [0.2, 0.25) is 0 Å². The summed E-state index contributed by atoms with van der Waals surface area (Å²) in [6.45, 7) is 3.91. The fourth-order valence-corrected chi connectivity index (χ4v) is 1.75. The van der Waals surface area contributed by atoms with Crippen LogP contribution in [0.5, 0.6) is 5.75 Å². The molecule has 3 heteroatoms. The number of hydrogen-bond donors (Lipinski definition) is 1. The van der Waals surface area contributed by atoms with Crippen molar-refractivity contribution >= 4 is 0 Å². The van der Waals surface area contributed by atoms with Gasteiger partial charge in [0.05, 0.1) is 13.2 Å². The maximum absolute atomic E-state index is 13.4. The van der Waals surface area contributed by atoms with E-state index in [1.807, 2.05) is 19.9 Å². The third kappa shape index (κ3) is 3.20. The van der Waals surface area contributed by atoms with Gasteiger partial charge in [0.2, 0.25) is 0 Å². The molecular formula is C13H19FO2. The normalized spacial score (nSPS) is 14.6. The van der Waals surface area contributed by atoms with Crippen LogP contribution in [-0.2, 0) is 6.42 Å². The van der Waals surface area contributed by atoms with Crippen molar-refractivity contribution < 1.29 is 14.2 Å². The Bertz CT molecular complexity index is 339. The maximum atomic E-state index is 13.4. The number of halogens is 1. The summed E-state index contributed by atoms with van der Waals surface area (Å²) in [7, 11) is 1.45. The molecular weight excluding hydrogens is 207 g/mol. The molecule has 0 aliphatic carbocycles. The molecule has 0 aromatic heterocycles. The lowest BCUT2D eigenvalue weighted by molar-refractivity contribution is 0.112. The van der Waals surface area contributed by atoms with E-state index in [1.165, 1.54) is 13.2 Å². The average Bonchev–Trinajstić information content (AvgIpc) is 2.28. The van der Waals surface area contributed by atoms with Crippen molar-refractivity contribution in [2.45, 2.75) is 32.8 Å². The smallest absolute Gasteiger partial charge is 0.165 e. The standard InChI is InChI=1S/C13H19FO2/c1-4-12(15)9(2)7-10-5-6-13(16-3)11(14)8-10/h5-6,8-9,12,15H,4,7H2,1-3H3. The first-order valence-electron chi connectivity index (χ1n) is 5.59. The molecule has 16 heavy (non-hydrogen) atoms. The Morgan fingerprint density at radius 2 is 2.12 bits per heavy atom. The third-order valence-corrected chi connectivity index (χ3v) is 2.85. The summed E-state index contributed by atoms with van der Waals surface area (Å²) in [5.41, 5.74) is 0.887. The van der Waals surface area contributed by atoms with Crippen LogP contribution in [0.15, 0.2) is 18.2 Å². The van der Waals surface area contributed by atoms with Gasteiger partial charge in [0.1, 0.15) is 0 Å². The molecule has 0 spiro atoms. The number of rotatable bonds is 5. The van der Waals surface area contributed by atoms with Gasteiger partial charge in [0.25, 0.3) is 0 Å². The lowest BCUT2D eigenvalue weighted by Gasteiger charge is -2.17. The quantitative estimate of drug-likeness (QED) is 0.836. The second-order valence-electron chi connectivity index (χ2n) is 4.13. The van der Waals surface area contributed by atoms with Crippen molar-refractivity contribution in [1.82, 2.24) is 0 Å². The zero-order chi connectivity index (χ0) is 12.1. The fourth-order valence-electron chi connectivity index (χ4n) is 1.75.